The summed E-state index contributed by atoms with van der Waals surface area (Å²) in [5.74, 6) is -0.689. The number of carbonyl (C=O) groups is 2. The van der Waals surface area contributed by atoms with E-state index in [0.29, 0.717) is 22.2 Å². The molecular weight excluding hydrogens is 366 g/mol. The lowest BCUT2D eigenvalue weighted by atomic mass is 10.0. The van der Waals surface area contributed by atoms with Gasteiger partial charge in [0, 0.05) is 28.9 Å². The number of nitrogens with two attached hydrogens (primary N) is 1. The fraction of sp³-hybridized carbons (Fsp3) is 0.368. The Bertz CT molecular complexity index is 845. The number of benzene rings is 1. The molecular formula is C19H23N3O2S2. The molecule has 0 aliphatic carbocycles. The van der Waals surface area contributed by atoms with Gasteiger partial charge in [-0.3, -0.25) is 14.5 Å². The van der Waals surface area contributed by atoms with Gasteiger partial charge in [0.25, 0.3) is 11.8 Å². The van der Waals surface area contributed by atoms with Crippen molar-refractivity contribution < 1.29 is 9.59 Å². The first-order valence-electron chi connectivity index (χ1n) is 8.55. The Morgan fingerprint density at radius 2 is 2.04 bits per heavy atom. The van der Waals surface area contributed by atoms with Crippen molar-refractivity contribution in [3.05, 3.63) is 45.8 Å². The van der Waals surface area contributed by atoms with E-state index in [1.54, 1.807) is 6.07 Å². The van der Waals surface area contributed by atoms with Crippen molar-refractivity contribution in [2.45, 2.75) is 37.8 Å². The standard InChI is InChI=1S/C19H23N3O2S2/c1-11(2)22-9-8-12-15(10-22)26-19(16(12)17(20)23)21-18(24)13-6-4-5-7-14(13)25-3/h4-7,11H,8-10H2,1-3H3,(H2,20,23)(H,21,24). The third-order valence-electron chi connectivity index (χ3n) is 4.64. The number of nitrogens with zero attached hydrogens (tertiary/aromatic N) is 1. The van der Waals surface area contributed by atoms with E-state index >= 15 is 0 Å². The summed E-state index contributed by atoms with van der Waals surface area (Å²) in [6.07, 6.45) is 2.71. The Morgan fingerprint density at radius 1 is 1.31 bits per heavy atom. The van der Waals surface area contributed by atoms with Crippen LogP contribution in [-0.2, 0) is 13.0 Å². The topological polar surface area (TPSA) is 75.4 Å². The molecule has 26 heavy (non-hydrogen) atoms. The number of carbonyl (C=O) groups excluding carboxylic acids is 2. The van der Waals surface area contributed by atoms with Crippen LogP contribution in [0.4, 0.5) is 5.00 Å². The highest BCUT2D eigenvalue weighted by molar-refractivity contribution is 7.98. The third kappa shape index (κ3) is 3.65. The Balaban J connectivity index is 1.93. The molecule has 1 aromatic carbocycles. The second-order valence-corrected chi connectivity index (χ2v) is 8.49. The van der Waals surface area contributed by atoms with Crippen LogP contribution in [0.5, 0.6) is 0 Å². The largest absolute Gasteiger partial charge is 0.365 e. The highest BCUT2D eigenvalue weighted by atomic mass is 32.2. The van der Waals surface area contributed by atoms with Crippen LogP contribution in [0.3, 0.4) is 0 Å². The highest BCUT2D eigenvalue weighted by Gasteiger charge is 2.28. The maximum atomic E-state index is 12.8. The predicted molar refractivity (Wildman–Crippen MR) is 108 cm³/mol. The zero-order valence-electron chi connectivity index (χ0n) is 15.2. The molecule has 0 fully saturated rings. The molecule has 1 aliphatic heterocycles. The van der Waals surface area contributed by atoms with Gasteiger partial charge in [0.05, 0.1) is 11.1 Å². The van der Waals surface area contributed by atoms with E-state index in [0.717, 1.165) is 34.8 Å². The van der Waals surface area contributed by atoms with Crippen LogP contribution in [0.1, 0.15) is 45.0 Å². The maximum Gasteiger partial charge on any atom is 0.257 e. The molecule has 1 aromatic heterocycles. The Labute approximate surface area is 162 Å². The van der Waals surface area contributed by atoms with E-state index in [1.807, 2.05) is 24.5 Å². The number of thioether (sulfide) groups is 1. The molecule has 0 saturated heterocycles. The van der Waals surface area contributed by atoms with Gasteiger partial charge in [-0.05, 0) is 44.2 Å². The fourth-order valence-corrected chi connectivity index (χ4v) is 5.08. The number of hydrogen-bond donors (Lipinski definition) is 2. The smallest absolute Gasteiger partial charge is 0.257 e. The van der Waals surface area contributed by atoms with Gasteiger partial charge in [-0.2, -0.15) is 0 Å². The van der Waals surface area contributed by atoms with Crippen molar-refractivity contribution in [2.75, 3.05) is 18.1 Å². The third-order valence-corrected chi connectivity index (χ3v) is 6.57. The fourth-order valence-electron chi connectivity index (χ4n) is 3.22. The molecule has 0 bridgehead atoms. The van der Waals surface area contributed by atoms with Crippen LogP contribution in [0.2, 0.25) is 0 Å². The highest BCUT2D eigenvalue weighted by Crippen LogP contribution is 2.37. The van der Waals surface area contributed by atoms with E-state index in [1.165, 1.54) is 23.1 Å². The number of anilines is 1. The van der Waals surface area contributed by atoms with Gasteiger partial charge < -0.3 is 11.1 Å². The van der Waals surface area contributed by atoms with E-state index in [9.17, 15) is 9.59 Å². The minimum Gasteiger partial charge on any atom is -0.365 e. The number of fused-ring (bicyclic) bond motifs is 1. The molecule has 0 unspecified atom stereocenters. The van der Waals surface area contributed by atoms with Gasteiger partial charge in [-0.1, -0.05) is 12.1 Å². The Hall–Kier alpha value is -1.83. The average molecular weight is 390 g/mol. The van der Waals surface area contributed by atoms with Gasteiger partial charge >= 0.3 is 0 Å². The van der Waals surface area contributed by atoms with Crippen LogP contribution in [0.15, 0.2) is 29.2 Å². The summed E-state index contributed by atoms with van der Waals surface area (Å²) in [6, 6.07) is 7.88. The second kappa shape index (κ2) is 7.82. The van der Waals surface area contributed by atoms with Crippen LogP contribution in [0.25, 0.3) is 0 Å². The number of nitrogens with one attached hydrogen (secondary N) is 1. The first-order chi connectivity index (χ1) is 12.4. The summed E-state index contributed by atoms with van der Waals surface area (Å²) in [5, 5.41) is 3.49. The van der Waals surface area contributed by atoms with E-state index in [-0.39, 0.29) is 5.91 Å². The molecule has 0 radical (unpaired) electrons. The maximum absolute atomic E-state index is 12.8. The van der Waals surface area contributed by atoms with Crippen molar-refractivity contribution in [1.29, 1.82) is 0 Å². The normalized spacial score (nSPS) is 14.3. The molecule has 0 saturated carbocycles. The van der Waals surface area contributed by atoms with Crippen LogP contribution < -0.4 is 11.1 Å². The molecule has 7 heteroatoms. The molecule has 138 valence electrons. The van der Waals surface area contributed by atoms with Gasteiger partial charge in [-0.25, -0.2) is 0 Å². The van der Waals surface area contributed by atoms with Gasteiger partial charge in [0.15, 0.2) is 0 Å². The first-order valence-corrected chi connectivity index (χ1v) is 10.6. The van der Waals surface area contributed by atoms with Crippen LogP contribution >= 0.6 is 23.1 Å². The zero-order chi connectivity index (χ0) is 18.8. The lowest BCUT2D eigenvalue weighted by Crippen LogP contribution is -2.35. The lowest BCUT2D eigenvalue weighted by molar-refractivity contribution is 0.0999. The van der Waals surface area contributed by atoms with Gasteiger partial charge in [0.1, 0.15) is 5.00 Å². The lowest BCUT2D eigenvalue weighted by Gasteiger charge is -2.30. The van der Waals surface area contributed by atoms with Crippen molar-refractivity contribution in [2.24, 2.45) is 5.73 Å². The molecule has 0 spiro atoms. The monoisotopic (exact) mass is 389 g/mol. The first kappa shape index (κ1) is 18.9. The summed E-state index contributed by atoms with van der Waals surface area (Å²) >= 11 is 2.99. The number of thiophene rings is 1. The Morgan fingerprint density at radius 3 is 2.69 bits per heavy atom. The van der Waals surface area contributed by atoms with Gasteiger partial charge in [-0.15, -0.1) is 23.1 Å². The molecule has 2 aromatic rings. The second-order valence-electron chi connectivity index (χ2n) is 6.54. The molecule has 2 heterocycles. The summed E-state index contributed by atoms with van der Waals surface area (Å²) in [7, 11) is 0. The average Bonchev–Trinajstić information content (AvgIpc) is 2.98. The number of primary amides is 1. The molecule has 5 nitrogen and oxygen atoms in total. The van der Waals surface area contributed by atoms with E-state index < -0.39 is 5.91 Å². The number of amides is 2. The number of rotatable bonds is 5. The van der Waals surface area contributed by atoms with Crippen LogP contribution in [0, 0.1) is 0 Å². The predicted octanol–water partition coefficient (Wildman–Crippen LogP) is 3.59. The van der Waals surface area contributed by atoms with E-state index in [4.69, 9.17) is 5.73 Å². The summed E-state index contributed by atoms with van der Waals surface area (Å²) in [4.78, 5) is 29.2. The van der Waals surface area contributed by atoms with Gasteiger partial charge in [0.2, 0.25) is 0 Å². The van der Waals surface area contributed by atoms with Crippen molar-refractivity contribution in [3.8, 4) is 0 Å². The minimum absolute atomic E-state index is 0.211. The molecule has 0 atom stereocenters. The zero-order valence-corrected chi connectivity index (χ0v) is 16.8. The quantitative estimate of drug-likeness (QED) is 0.767. The van der Waals surface area contributed by atoms with Crippen molar-refractivity contribution >= 4 is 39.9 Å². The van der Waals surface area contributed by atoms with E-state index in [2.05, 4.69) is 24.1 Å². The molecule has 3 N–H and O–H groups in total. The Kier molecular flexibility index (Phi) is 5.70. The minimum atomic E-state index is -0.478. The van der Waals surface area contributed by atoms with Crippen molar-refractivity contribution in [3.63, 3.8) is 0 Å². The van der Waals surface area contributed by atoms with Crippen molar-refractivity contribution in [1.82, 2.24) is 4.90 Å². The summed E-state index contributed by atoms with van der Waals surface area (Å²) in [6.45, 7) is 6.00. The summed E-state index contributed by atoms with van der Waals surface area (Å²) in [5.41, 5.74) is 7.72. The molecule has 1 aliphatic rings. The SMILES string of the molecule is CSc1ccccc1C(=O)Nc1sc2c(c1C(N)=O)CCN(C(C)C)C2. The van der Waals surface area contributed by atoms with Crippen LogP contribution in [-0.4, -0.2) is 35.6 Å². The summed E-state index contributed by atoms with van der Waals surface area (Å²) < 4.78 is 0. The molecule has 2 amide bonds. The number of hydrogen-bond acceptors (Lipinski definition) is 5. The molecule has 3 rings (SSSR count).